The topological polar surface area (TPSA) is 64.4 Å². The lowest BCUT2D eigenvalue weighted by molar-refractivity contribution is -0.136. The second kappa shape index (κ2) is 7.24. The molecule has 0 bridgehead atoms. The van der Waals surface area contributed by atoms with Crippen LogP contribution in [-0.4, -0.2) is 25.7 Å². The van der Waals surface area contributed by atoms with E-state index >= 15 is 0 Å². The van der Waals surface area contributed by atoms with Gasteiger partial charge in [0.25, 0.3) is 0 Å². The van der Waals surface area contributed by atoms with Crippen LogP contribution in [0.4, 0.5) is 0 Å². The Labute approximate surface area is 124 Å². The highest BCUT2D eigenvalue weighted by Gasteiger charge is 2.38. The summed E-state index contributed by atoms with van der Waals surface area (Å²) < 4.78 is 5.31. The Morgan fingerprint density at radius 1 is 1.47 bits per heavy atom. The minimum Gasteiger partial charge on any atom is -0.381 e. The summed E-state index contributed by atoms with van der Waals surface area (Å²) in [6.07, 6.45) is 1.44. The lowest BCUT2D eigenvalue weighted by Gasteiger charge is -2.34. The molecule has 0 radical (unpaired) electrons. The molecule has 6 heteroatoms. The third kappa shape index (κ3) is 3.92. The van der Waals surface area contributed by atoms with Gasteiger partial charge in [0.05, 0.1) is 12.0 Å². The van der Waals surface area contributed by atoms with Crippen molar-refractivity contribution < 1.29 is 9.53 Å². The molecular weight excluding hydrogens is 284 g/mol. The molecule has 0 spiro atoms. The molecule has 1 aliphatic rings. The fourth-order valence-corrected chi connectivity index (χ4v) is 3.05. The number of hydrogen-bond donors (Lipinski definition) is 2. The zero-order valence-electron chi connectivity index (χ0n) is 11.1. The van der Waals surface area contributed by atoms with Crippen molar-refractivity contribution in [2.75, 3.05) is 19.8 Å². The number of hydrogen-bond acceptors (Lipinski definition) is 4. The molecule has 0 unspecified atom stereocenters. The Kier molecular flexibility index (Phi) is 6.26. The summed E-state index contributed by atoms with van der Waals surface area (Å²) in [7, 11) is 0. The third-order valence-corrected chi connectivity index (χ3v) is 4.54. The first-order chi connectivity index (χ1) is 8.66. The van der Waals surface area contributed by atoms with E-state index in [-0.39, 0.29) is 18.3 Å². The number of carbonyl (C=O) groups is 1. The normalized spacial score (nSPS) is 17.6. The predicted octanol–water partition coefficient (Wildman–Crippen LogP) is 1.85. The molecule has 2 rings (SSSR count). The van der Waals surface area contributed by atoms with E-state index in [1.807, 2.05) is 0 Å². The van der Waals surface area contributed by atoms with E-state index in [9.17, 15) is 4.79 Å². The largest absolute Gasteiger partial charge is 0.381 e. The molecule has 1 amide bonds. The van der Waals surface area contributed by atoms with Gasteiger partial charge in [-0.2, -0.15) is 0 Å². The average molecular weight is 305 g/mol. The van der Waals surface area contributed by atoms with Crippen LogP contribution in [0.2, 0.25) is 0 Å². The monoisotopic (exact) mass is 304 g/mol. The molecule has 108 valence electrons. The maximum Gasteiger partial charge on any atom is 0.227 e. The van der Waals surface area contributed by atoms with Crippen molar-refractivity contribution >= 4 is 29.7 Å². The summed E-state index contributed by atoms with van der Waals surface area (Å²) in [5.74, 6) is 0.0688. The van der Waals surface area contributed by atoms with Crippen molar-refractivity contribution in [3.63, 3.8) is 0 Å². The number of thiophene rings is 1. The first-order valence-electron chi connectivity index (χ1n) is 6.28. The Hall–Kier alpha value is -0.620. The zero-order chi connectivity index (χ0) is 13.0. The highest BCUT2D eigenvalue weighted by Crippen LogP contribution is 2.29. The van der Waals surface area contributed by atoms with Gasteiger partial charge in [-0.3, -0.25) is 4.79 Å². The zero-order valence-corrected chi connectivity index (χ0v) is 12.7. The summed E-state index contributed by atoms with van der Waals surface area (Å²) >= 11 is 1.71. The first kappa shape index (κ1) is 16.4. The maximum atomic E-state index is 12.3. The van der Waals surface area contributed by atoms with Crippen LogP contribution in [0.5, 0.6) is 0 Å². The van der Waals surface area contributed by atoms with Gasteiger partial charge in [-0.15, -0.1) is 23.7 Å². The number of halogens is 1. The third-order valence-electron chi connectivity index (χ3n) is 3.54. The maximum absolute atomic E-state index is 12.3. The Morgan fingerprint density at radius 3 is 2.68 bits per heavy atom. The van der Waals surface area contributed by atoms with Gasteiger partial charge in [-0.25, -0.2) is 0 Å². The molecular formula is C13H21ClN2O2S. The van der Waals surface area contributed by atoms with Crippen molar-refractivity contribution in [3.05, 3.63) is 21.9 Å². The summed E-state index contributed by atoms with van der Waals surface area (Å²) in [6.45, 7) is 4.31. The number of aryl methyl sites for hydroxylation is 1. The van der Waals surface area contributed by atoms with E-state index < -0.39 is 5.41 Å². The van der Waals surface area contributed by atoms with Crippen LogP contribution in [0.25, 0.3) is 0 Å². The van der Waals surface area contributed by atoms with E-state index in [1.54, 1.807) is 11.3 Å². The van der Waals surface area contributed by atoms with Crippen molar-refractivity contribution in [1.82, 2.24) is 5.32 Å². The minimum atomic E-state index is -0.426. The summed E-state index contributed by atoms with van der Waals surface area (Å²) in [4.78, 5) is 14.7. The van der Waals surface area contributed by atoms with Crippen molar-refractivity contribution in [2.45, 2.75) is 26.3 Å². The number of ether oxygens (including phenoxy) is 1. The minimum absolute atomic E-state index is 0. The van der Waals surface area contributed by atoms with Crippen LogP contribution in [0.3, 0.4) is 0 Å². The molecule has 1 aliphatic heterocycles. The molecule has 1 fully saturated rings. The fraction of sp³-hybridized carbons (Fsp3) is 0.615. The highest BCUT2D eigenvalue weighted by molar-refractivity contribution is 7.11. The smallest absolute Gasteiger partial charge is 0.227 e. The molecule has 19 heavy (non-hydrogen) atoms. The quantitative estimate of drug-likeness (QED) is 0.892. The van der Waals surface area contributed by atoms with E-state index in [0.717, 1.165) is 12.8 Å². The molecule has 0 atom stereocenters. The van der Waals surface area contributed by atoms with Gasteiger partial charge >= 0.3 is 0 Å². The second-order valence-electron chi connectivity index (χ2n) is 4.79. The number of nitrogens with one attached hydrogen (secondary N) is 1. The number of rotatable bonds is 4. The van der Waals surface area contributed by atoms with Crippen LogP contribution >= 0.6 is 23.7 Å². The lowest BCUT2D eigenvalue weighted by Crippen LogP contribution is -2.48. The van der Waals surface area contributed by atoms with Crippen molar-refractivity contribution in [2.24, 2.45) is 11.1 Å². The molecule has 1 saturated heterocycles. The van der Waals surface area contributed by atoms with E-state index in [1.165, 1.54) is 9.75 Å². The molecule has 3 N–H and O–H groups in total. The number of nitrogens with two attached hydrogens (primary N) is 1. The van der Waals surface area contributed by atoms with Gasteiger partial charge in [0.2, 0.25) is 5.91 Å². The first-order valence-corrected chi connectivity index (χ1v) is 7.09. The van der Waals surface area contributed by atoms with Crippen molar-refractivity contribution in [1.29, 1.82) is 0 Å². The van der Waals surface area contributed by atoms with Gasteiger partial charge in [-0.05, 0) is 31.9 Å². The summed E-state index contributed by atoms with van der Waals surface area (Å²) in [5, 5.41) is 3.01. The van der Waals surface area contributed by atoms with Gasteiger partial charge in [-0.1, -0.05) is 0 Å². The van der Waals surface area contributed by atoms with E-state index in [0.29, 0.717) is 26.3 Å². The average Bonchev–Trinajstić information content (AvgIpc) is 2.82. The molecule has 2 heterocycles. The van der Waals surface area contributed by atoms with Crippen molar-refractivity contribution in [3.8, 4) is 0 Å². The Morgan fingerprint density at radius 2 is 2.16 bits per heavy atom. The van der Waals surface area contributed by atoms with Crippen LogP contribution in [0.1, 0.15) is 22.6 Å². The molecule has 0 saturated carbocycles. The van der Waals surface area contributed by atoms with Gasteiger partial charge in [0, 0.05) is 29.5 Å². The molecule has 0 aliphatic carbocycles. The van der Waals surface area contributed by atoms with Gasteiger partial charge < -0.3 is 15.8 Å². The Bertz CT molecular complexity index is 417. The van der Waals surface area contributed by atoms with E-state index in [4.69, 9.17) is 10.5 Å². The molecule has 4 nitrogen and oxygen atoms in total. The fourth-order valence-electron chi connectivity index (χ4n) is 2.22. The van der Waals surface area contributed by atoms with Crippen LogP contribution in [0.15, 0.2) is 12.1 Å². The molecule has 1 aromatic rings. The number of amides is 1. The molecule has 0 aromatic carbocycles. The van der Waals surface area contributed by atoms with Crippen LogP contribution in [-0.2, 0) is 16.1 Å². The standard InChI is InChI=1S/C13H20N2O2S.ClH/c1-10-2-3-11(18-10)8-15-12(16)13(9-14)4-6-17-7-5-13;/h2-3H,4-9,14H2,1H3,(H,15,16);1H. The van der Waals surface area contributed by atoms with E-state index in [2.05, 4.69) is 24.4 Å². The SMILES string of the molecule is Cc1ccc(CNC(=O)C2(CN)CCOCC2)s1.Cl. The second-order valence-corrected chi connectivity index (χ2v) is 6.16. The lowest BCUT2D eigenvalue weighted by atomic mass is 9.79. The van der Waals surface area contributed by atoms with Gasteiger partial charge in [0.1, 0.15) is 0 Å². The van der Waals surface area contributed by atoms with Crippen LogP contribution in [0, 0.1) is 12.3 Å². The Balaban J connectivity index is 0.00000180. The predicted molar refractivity (Wildman–Crippen MR) is 79.7 cm³/mol. The summed E-state index contributed by atoms with van der Waals surface area (Å²) in [6, 6.07) is 4.12. The highest BCUT2D eigenvalue weighted by atomic mass is 35.5. The molecule has 1 aromatic heterocycles. The summed E-state index contributed by atoms with van der Waals surface area (Å²) in [5.41, 5.74) is 5.37. The van der Waals surface area contributed by atoms with Gasteiger partial charge in [0.15, 0.2) is 0 Å². The van der Waals surface area contributed by atoms with Crippen LogP contribution < -0.4 is 11.1 Å². The number of carbonyl (C=O) groups excluding carboxylic acids is 1.